The van der Waals surface area contributed by atoms with Crippen LogP contribution in [0.1, 0.15) is 23.2 Å². The molecular weight excluding hydrogens is 197 g/mol. The maximum absolute atomic E-state index is 13.2. The number of methoxy groups -OCH3 is 1. The lowest BCUT2D eigenvalue weighted by atomic mass is 10.2. The van der Waals surface area contributed by atoms with Gasteiger partial charge in [-0.1, -0.05) is 0 Å². The molecule has 0 unspecified atom stereocenters. The van der Waals surface area contributed by atoms with Gasteiger partial charge < -0.3 is 10.1 Å². The van der Waals surface area contributed by atoms with Gasteiger partial charge in [-0.15, -0.1) is 0 Å². The number of hydrogen-bond acceptors (Lipinski definition) is 3. The molecule has 1 aromatic rings. The number of anilines is 1. The summed E-state index contributed by atoms with van der Waals surface area (Å²) in [6.45, 7) is 0. The molecule has 15 heavy (non-hydrogen) atoms. The summed E-state index contributed by atoms with van der Waals surface area (Å²) in [6, 6.07) is 4.86. The van der Waals surface area contributed by atoms with Crippen molar-refractivity contribution in [3.05, 3.63) is 29.6 Å². The SMILES string of the molecule is COC(=O)c1cc(NC2CC2)ccc1F. The number of carbonyl (C=O) groups excluding carboxylic acids is 1. The lowest BCUT2D eigenvalue weighted by Gasteiger charge is -2.07. The fraction of sp³-hybridized carbons (Fsp3) is 0.364. The molecule has 0 bridgehead atoms. The van der Waals surface area contributed by atoms with E-state index in [2.05, 4.69) is 10.1 Å². The lowest BCUT2D eigenvalue weighted by Crippen LogP contribution is -2.07. The van der Waals surface area contributed by atoms with Crippen LogP contribution < -0.4 is 5.32 Å². The molecule has 1 fully saturated rings. The summed E-state index contributed by atoms with van der Waals surface area (Å²) in [4.78, 5) is 11.2. The summed E-state index contributed by atoms with van der Waals surface area (Å²) >= 11 is 0. The first-order valence-electron chi connectivity index (χ1n) is 4.85. The summed E-state index contributed by atoms with van der Waals surface area (Å²) in [6.07, 6.45) is 2.26. The van der Waals surface area contributed by atoms with E-state index in [1.54, 1.807) is 6.07 Å². The van der Waals surface area contributed by atoms with Gasteiger partial charge in [-0.2, -0.15) is 0 Å². The van der Waals surface area contributed by atoms with E-state index in [9.17, 15) is 9.18 Å². The zero-order chi connectivity index (χ0) is 10.8. The lowest BCUT2D eigenvalue weighted by molar-refractivity contribution is 0.0595. The molecule has 1 aliphatic carbocycles. The molecule has 0 amide bonds. The highest BCUT2D eigenvalue weighted by Crippen LogP contribution is 2.25. The number of halogens is 1. The van der Waals surface area contributed by atoms with E-state index in [1.807, 2.05) is 0 Å². The van der Waals surface area contributed by atoms with Crippen LogP contribution in [0.5, 0.6) is 0 Å². The van der Waals surface area contributed by atoms with Crippen molar-refractivity contribution in [3.8, 4) is 0 Å². The van der Waals surface area contributed by atoms with Gasteiger partial charge in [0.15, 0.2) is 0 Å². The Kier molecular flexibility index (Phi) is 2.58. The van der Waals surface area contributed by atoms with Gasteiger partial charge >= 0.3 is 5.97 Å². The highest BCUT2D eigenvalue weighted by Gasteiger charge is 2.21. The van der Waals surface area contributed by atoms with Crippen molar-refractivity contribution in [1.29, 1.82) is 0 Å². The molecule has 0 aromatic heterocycles. The van der Waals surface area contributed by atoms with E-state index in [0.717, 1.165) is 18.5 Å². The monoisotopic (exact) mass is 209 g/mol. The van der Waals surface area contributed by atoms with E-state index >= 15 is 0 Å². The van der Waals surface area contributed by atoms with Crippen LogP contribution in [0.3, 0.4) is 0 Å². The maximum Gasteiger partial charge on any atom is 0.340 e. The first kappa shape index (κ1) is 9.96. The summed E-state index contributed by atoms with van der Waals surface area (Å²) in [7, 11) is 1.24. The number of esters is 1. The average molecular weight is 209 g/mol. The highest BCUT2D eigenvalue weighted by molar-refractivity contribution is 5.90. The normalized spacial score (nSPS) is 14.8. The van der Waals surface area contributed by atoms with E-state index in [4.69, 9.17) is 0 Å². The Labute approximate surface area is 87.2 Å². The first-order chi connectivity index (χ1) is 7.20. The second-order valence-electron chi connectivity index (χ2n) is 3.60. The number of benzene rings is 1. The summed E-state index contributed by atoms with van der Waals surface area (Å²) in [5.41, 5.74) is 0.738. The number of carbonyl (C=O) groups is 1. The van der Waals surface area contributed by atoms with Crippen molar-refractivity contribution in [1.82, 2.24) is 0 Å². The van der Waals surface area contributed by atoms with Gasteiger partial charge in [0.05, 0.1) is 12.7 Å². The van der Waals surface area contributed by atoms with E-state index in [-0.39, 0.29) is 5.56 Å². The van der Waals surface area contributed by atoms with Crippen molar-refractivity contribution >= 4 is 11.7 Å². The van der Waals surface area contributed by atoms with Crippen molar-refractivity contribution in [2.24, 2.45) is 0 Å². The van der Waals surface area contributed by atoms with Crippen LogP contribution >= 0.6 is 0 Å². The minimum Gasteiger partial charge on any atom is -0.465 e. The topological polar surface area (TPSA) is 38.3 Å². The Hall–Kier alpha value is -1.58. The second kappa shape index (κ2) is 3.88. The van der Waals surface area contributed by atoms with Crippen LogP contribution in [-0.4, -0.2) is 19.1 Å². The molecule has 2 rings (SSSR count). The molecule has 1 N–H and O–H groups in total. The molecule has 0 saturated heterocycles. The van der Waals surface area contributed by atoms with Gasteiger partial charge in [0, 0.05) is 11.7 Å². The van der Waals surface area contributed by atoms with E-state index in [1.165, 1.54) is 19.2 Å². The minimum absolute atomic E-state index is 0.0249. The van der Waals surface area contributed by atoms with Crippen molar-refractivity contribution < 1.29 is 13.9 Å². The molecule has 0 atom stereocenters. The van der Waals surface area contributed by atoms with Crippen LogP contribution in [0.4, 0.5) is 10.1 Å². The molecular formula is C11H12FNO2. The number of ether oxygens (including phenoxy) is 1. The zero-order valence-electron chi connectivity index (χ0n) is 8.42. The fourth-order valence-corrected chi connectivity index (χ4v) is 1.34. The summed E-state index contributed by atoms with van der Waals surface area (Å²) < 4.78 is 17.7. The number of hydrogen-bond donors (Lipinski definition) is 1. The predicted molar refractivity (Wildman–Crippen MR) is 54.4 cm³/mol. The molecule has 4 heteroatoms. The van der Waals surface area contributed by atoms with Gasteiger partial charge in [0.1, 0.15) is 5.82 Å². The third-order valence-corrected chi connectivity index (χ3v) is 2.32. The summed E-state index contributed by atoms with van der Waals surface area (Å²) in [5, 5.41) is 3.19. The van der Waals surface area contributed by atoms with Crippen LogP contribution in [-0.2, 0) is 4.74 Å². The molecule has 0 radical (unpaired) electrons. The Morgan fingerprint density at radius 3 is 2.87 bits per heavy atom. The quantitative estimate of drug-likeness (QED) is 0.775. The number of nitrogens with one attached hydrogen (secondary N) is 1. The molecule has 1 saturated carbocycles. The van der Waals surface area contributed by atoms with Crippen molar-refractivity contribution in [3.63, 3.8) is 0 Å². The molecule has 0 aliphatic heterocycles. The Balaban J connectivity index is 2.22. The fourth-order valence-electron chi connectivity index (χ4n) is 1.34. The standard InChI is InChI=1S/C11H12FNO2/c1-15-11(14)9-6-8(4-5-10(9)12)13-7-2-3-7/h4-7,13H,2-3H2,1H3. The molecule has 80 valence electrons. The van der Waals surface area contributed by atoms with Gasteiger partial charge in [0.25, 0.3) is 0 Å². The van der Waals surface area contributed by atoms with E-state index in [0.29, 0.717) is 6.04 Å². The van der Waals surface area contributed by atoms with Crippen molar-refractivity contribution in [2.75, 3.05) is 12.4 Å². The molecule has 1 aromatic carbocycles. The third-order valence-electron chi connectivity index (χ3n) is 2.32. The molecule has 3 nitrogen and oxygen atoms in total. The predicted octanol–water partition coefficient (Wildman–Crippen LogP) is 2.19. The Morgan fingerprint density at radius 1 is 1.53 bits per heavy atom. The second-order valence-corrected chi connectivity index (χ2v) is 3.60. The Bertz CT molecular complexity index is 388. The van der Waals surface area contributed by atoms with Crippen LogP contribution in [0.25, 0.3) is 0 Å². The molecule has 1 aliphatic rings. The van der Waals surface area contributed by atoms with Gasteiger partial charge in [-0.25, -0.2) is 9.18 Å². The average Bonchev–Trinajstić information content (AvgIpc) is 3.04. The maximum atomic E-state index is 13.2. The smallest absolute Gasteiger partial charge is 0.340 e. The zero-order valence-corrected chi connectivity index (χ0v) is 8.42. The summed E-state index contributed by atoms with van der Waals surface area (Å²) in [5.74, 6) is -1.20. The van der Waals surface area contributed by atoms with Crippen LogP contribution in [0.2, 0.25) is 0 Å². The van der Waals surface area contributed by atoms with Crippen LogP contribution in [0, 0.1) is 5.82 Å². The van der Waals surface area contributed by atoms with Gasteiger partial charge in [-0.05, 0) is 31.0 Å². The number of rotatable bonds is 3. The third kappa shape index (κ3) is 2.26. The largest absolute Gasteiger partial charge is 0.465 e. The molecule has 0 heterocycles. The van der Waals surface area contributed by atoms with Gasteiger partial charge in [-0.3, -0.25) is 0 Å². The van der Waals surface area contributed by atoms with Gasteiger partial charge in [0.2, 0.25) is 0 Å². The van der Waals surface area contributed by atoms with E-state index < -0.39 is 11.8 Å². The highest BCUT2D eigenvalue weighted by atomic mass is 19.1. The Morgan fingerprint density at radius 2 is 2.27 bits per heavy atom. The first-order valence-corrected chi connectivity index (χ1v) is 4.85. The van der Waals surface area contributed by atoms with Crippen LogP contribution in [0.15, 0.2) is 18.2 Å². The van der Waals surface area contributed by atoms with Crippen molar-refractivity contribution in [2.45, 2.75) is 18.9 Å². The molecule has 0 spiro atoms. The minimum atomic E-state index is -0.646.